The van der Waals surface area contributed by atoms with E-state index >= 15 is 0 Å². The highest BCUT2D eigenvalue weighted by atomic mass is 32.1. The number of morpholine rings is 1. The van der Waals surface area contributed by atoms with Crippen LogP contribution in [0.2, 0.25) is 0 Å². The summed E-state index contributed by atoms with van der Waals surface area (Å²) in [5.41, 5.74) is 6.86. The third kappa shape index (κ3) is 2.27. The Kier molecular flexibility index (Phi) is 3.91. The lowest BCUT2D eigenvalue weighted by Gasteiger charge is -2.39. The number of hydrogen-bond donors (Lipinski definition) is 1. The van der Waals surface area contributed by atoms with E-state index in [0.29, 0.717) is 6.54 Å². The van der Waals surface area contributed by atoms with Gasteiger partial charge in [0.1, 0.15) is 5.01 Å². The number of ether oxygens (including phenoxy) is 1. The fourth-order valence-electron chi connectivity index (χ4n) is 2.16. The van der Waals surface area contributed by atoms with Crippen LogP contribution in [0.3, 0.4) is 0 Å². The zero-order valence-corrected chi connectivity index (χ0v) is 10.7. The number of aryl methyl sites for hydroxylation is 1. The summed E-state index contributed by atoms with van der Waals surface area (Å²) < 4.78 is 5.74. The van der Waals surface area contributed by atoms with E-state index in [2.05, 4.69) is 22.2 Å². The molecule has 2 unspecified atom stereocenters. The lowest BCUT2D eigenvalue weighted by Crippen LogP contribution is -2.48. The standard InChI is InChI=1S/C11H19N3OS/c1-3-14-4-5-15-9(6-12)10(14)11-13-8(2)7-16-11/h7,9-10H,3-6,12H2,1-2H3. The molecule has 1 aliphatic rings. The van der Waals surface area contributed by atoms with Crippen molar-refractivity contribution in [3.63, 3.8) is 0 Å². The number of likely N-dealkylation sites (N-methyl/N-ethyl adjacent to an activating group) is 1. The van der Waals surface area contributed by atoms with Crippen LogP contribution < -0.4 is 5.73 Å². The van der Waals surface area contributed by atoms with Gasteiger partial charge in [-0.1, -0.05) is 6.92 Å². The van der Waals surface area contributed by atoms with Crippen LogP contribution in [0.5, 0.6) is 0 Å². The molecule has 2 rings (SSSR count). The highest BCUT2D eigenvalue weighted by Gasteiger charge is 2.33. The molecule has 5 heteroatoms. The number of hydrogen-bond acceptors (Lipinski definition) is 5. The minimum absolute atomic E-state index is 0.0826. The molecule has 0 bridgehead atoms. The molecule has 1 fully saturated rings. The molecule has 0 radical (unpaired) electrons. The van der Waals surface area contributed by atoms with Gasteiger partial charge in [0.25, 0.3) is 0 Å². The molecular formula is C11H19N3OS. The maximum atomic E-state index is 5.78. The van der Waals surface area contributed by atoms with Crippen molar-refractivity contribution in [2.75, 3.05) is 26.2 Å². The molecule has 0 spiro atoms. The first-order valence-corrected chi connectivity index (χ1v) is 6.62. The van der Waals surface area contributed by atoms with Gasteiger partial charge in [-0.3, -0.25) is 4.90 Å². The van der Waals surface area contributed by atoms with Gasteiger partial charge in [0, 0.05) is 24.2 Å². The second-order valence-electron chi connectivity index (χ2n) is 4.05. The van der Waals surface area contributed by atoms with Crippen LogP contribution in [0.4, 0.5) is 0 Å². The Labute approximate surface area is 100 Å². The summed E-state index contributed by atoms with van der Waals surface area (Å²) in [4.78, 5) is 6.97. The molecule has 2 atom stereocenters. The van der Waals surface area contributed by atoms with Crippen LogP contribution in [0.1, 0.15) is 23.7 Å². The first kappa shape index (κ1) is 12.0. The van der Waals surface area contributed by atoms with Crippen LogP contribution in [0.25, 0.3) is 0 Å². The van der Waals surface area contributed by atoms with Crippen LogP contribution in [-0.4, -0.2) is 42.2 Å². The number of nitrogens with zero attached hydrogens (tertiary/aromatic N) is 2. The predicted molar refractivity (Wildman–Crippen MR) is 65.6 cm³/mol. The minimum atomic E-state index is 0.0826. The van der Waals surface area contributed by atoms with Crippen molar-refractivity contribution in [3.8, 4) is 0 Å². The lowest BCUT2D eigenvalue weighted by atomic mass is 10.1. The van der Waals surface area contributed by atoms with Gasteiger partial charge in [-0.2, -0.15) is 0 Å². The second kappa shape index (κ2) is 5.23. The van der Waals surface area contributed by atoms with Crippen molar-refractivity contribution < 1.29 is 4.74 Å². The maximum absolute atomic E-state index is 5.78. The van der Waals surface area contributed by atoms with Gasteiger partial charge in [-0.05, 0) is 13.5 Å². The quantitative estimate of drug-likeness (QED) is 0.863. The van der Waals surface area contributed by atoms with Gasteiger partial charge in [-0.15, -0.1) is 11.3 Å². The molecule has 16 heavy (non-hydrogen) atoms. The summed E-state index contributed by atoms with van der Waals surface area (Å²) in [5.74, 6) is 0. The van der Waals surface area contributed by atoms with Crippen molar-refractivity contribution in [1.29, 1.82) is 0 Å². The van der Waals surface area contributed by atoms with Crippen LogP contribution in [0, 0.1) is 6.92 Å². The molecule has 1 aromatic heterocycles. The van der Waals surface area contributed by atoms with E-state index in [-0.39, 0.29) is 12.1 Å². The number of thiazole rings is 1. The van der Waals surface area contributed by atoms with Gasteiger partial charge < -0.3 is 10.5 Å². The fraction of sp³-hybridized carbons (Fsp3) is 0.727. The molecular weight excluding hydrogens is 222 g/mol. The summed E-state index contributed by atoms with van der Waals surface area (Å²) in [6.45, 7) is 7.51. The minimum Gasteiger partial charge on any atom is -0.373 e. The fourth-order valence-corrected chi connectivity index (χ4v) is 3.14. The van der Waals surface area contributed by atoms with Crippen molar-refractivity contribution in [3.05, 3.63) is 16.1 Å². The van der Waals surface area contributed by atoms with E-state index in [0.717, 1.165) is 30.4 Å². The van der Waals surface area contributed by atoms with Crippen LogP contribution in [0.15, 0.2) is 5.38 Å². The second-order valence-corrected chi connectivity index (χ2v) is 4.94. The van der Waals surface area contributed by atoms with E-state index in [1.165, 1.54) is 0 Å². The van der Waals surface area contributed by atoms with Gasteiger partial charge in [0.2, 0.25) is 0 Å². The van der Waals surface area contributed by atoms with E-state index in [9.17, 15) is 0 Å². The molecule has 2 heterocycles. The van der Waals surface area contributed by atoms with Gasteiger partial charge >= 0.3 is 0 Å². The molecule has 2 N–H and O–H groups in total. The molecule has 0 amide bonds. The largest absolute Gasteiger partial charge is 0.373 e. The van der Waals surface area contributed by atoms with Crippen LogP contribution >= 0.6 is 11.3 Å². The Bertz CT molecular complexity index is 330. The summed E-state index contributed by atoms with van der Waals surface area (Å²) in [5, 5.41) is 3.22. The molecule has 0 aliphatic carbocycles. The van der Waals surface area contributed by atoms with E-state index in [1.807, 2.05) is 6.92 Å². The van der Waals surface area contributed by atoms with Crippen molar-refractivity contribution >= 4 is 11.3 Å². The molecule has 0 saturated carbocycles. The first-order chi connectivity index (χ1) is 7.76. The molecule has 90 valence electrons. The van der Waals surface area contributed by atoms with Crippen LogP contribution in [-0.2, 0) is 4.74 Å². The molecule has 4 nitrogen and oxygen atoms in total. The van der Waals surface area contributed by atoms with E-state index in [4.69, 9.17) is 10.5 Å². The number of aromatic nitrogens is 1. The lowest BCUT2D eigenvalue weighted by molar-refractivity contribution is -0.0658. The zero-order valence-electron chi connectivity index (χ0n) is 9.85. The summed E-state index contributed by atoms with van der Waals surface area (Å²) in [6, 6.07) is 0.238. The van der Waals surface area contributed by atoms with Crippen molar-refractivity contribution in [2.45, 2.75) is 26.0 Å². The predicted octanol–water partition coefficient (Wildman–Crippen LogP) is 1.17. The van der Waals surface area contributed by atoms with Crippen molar-refractivity contribution in [1.82, 2.24) is 9.88 Å². The topological polar surface area (TPSA) is 51.4 Å². The van der Waals surface area contributed by atoms with Crippen molar-refractivity contribution in [2.24, 2.45) is 5.73 Å². The highest BCUT2D eigenvalue weighted by molar-refractivity contribution is 7.09. The van der Waals surface area contributed by atoms with E-state index < -0.39 is 0 Å². The van der Waals surface area contributed by atoms with Gasteiger partial charge in [-0.25, -0.2) is 4.98 Å². The van der Waals surface area contributed by atoms with Gasteiger partial charge in [0.05, 0.1) is 18.8 Å². The third-order valence-electron chi connectivity index (χ3n) is 2.98. The Hall–Kier alpha value is -0.490. The number of nitrogens with two attached hydrogens (primary N) is 1. The SMILES string of the molecule is CCN1CCOC(CN)C1c1nc(C)cs1. The summed E-state index contributed by atoms with van der Waals surface area (Å²) in [7, 11) is 0. The maximum Gasteiger partial charge on any atom is 0.113 e. The van der Waals surface area contributed by atoms with Gasteiger partial charge in [0.15, 0.2) is 0 Å². The zero-order chi connectivity index (χ0) is 11.5. The Morgan fingerprint density at radius 2 is 2.50 bits per heavy atom. The average Bonchev–Trinajstić information content (AvgIpc) is 2.74. The third-order valence-corrected chi connectivity index (χ3v) is 4.02. The molecule has 0 aromatic carbocycles. The Morgan fingerprint density at radius 1 is 1.69 bits per heavy atom. The monoisotopic (exact) mass is 241 g/mol. The smallest absolute Gasteiger partial charge is 0.113 e. The Morgan fingerprint density at radius 3 is 3.06 bits per heavy atom. The summed E-state index contributed by atoms with van der Waals surface area (Å²) in [6.07, 6.45) is 0.0826. The average molecular weight is 241 g/mol. The number of rotatable bonds is 3. The molecule has 1 aliphatic heterocycles. The normalized spacial score (nSPS) is 27.2. The molecule has 1 aromatic rings. The highest BCUT2D eigenvalue weighted by Crippen LogP contribution is 2.30. The van der Waals surface area contributed by atoms with E-state index in [1.54, 1.807) is 11.3 Å². The summed E-state index contributed by atoms with van der Waals surface area (Å²) >= 11 is 1.71. The molecule has 1 saturated heterocycles. The first-order valence-electron chi connectivity index (χ1n) is 5.74. The Balaban J connectivity index is 2.24.